The minimum absolute atomic E-state index is 0.0577. The first-order chi connectivity index (χ1) is 22.0. The summed E-state index contributed by atoms with van der Waals surface area (Å²) in [6.07, 6.45) is 1.09. The fourth-order valence-corrected chi connectivity index (χ4v) is 6.45. The number of rotatable bonds is 14. The molecule has 2 atom stereocenters. The van der Waals surface area contributed by atoms with Gasteiger partial charge in [0, 0.05) is 12.6 Å². The lowest BCUT2D eigenvalue weighted by Crippen LogP contribution is -2.53. The van der Waals surface area contributed by atoms with Crippen LogP contribution in [0.5, 0.6) is 11.5 Å². The van der Waals surface area contributed by atoms with Gasteiger partial charge >= 0.3 is 0 Å². The van der Waals surface area contributed by atoms with E-state index in [4.69, 9.17) is 4.74 Å². The zero-order chi connectivity index (χ0) is 33.3. The number of aryl methyl sites for hydroxylation is 2. The van der Waals surface area contributed by atoms with Crippen molar-refractivity contribution in [1.82, 2.24) is 10.2 Å². The molecule has 8 nitrogen and oxygen atoms in total. The summed E-state index contributed by atoms with van der Waals surface area (Å²) in [4.78, 5) is 29.4. The molecule has 0 aliphatic rings. The number of carbonyl (C=O) groups is 2. The molecule has 0 unspecified atom stereocenters. The normalized spacial score (nSPS) is 12.5. The summed E-state index contributed by atoms with van der Waals surface area (Å²) in [6.45, 7) is 9.22. The number of para-hydroxylation sites is 1. The van der Waals surface area contributed by atoms with Crippen molar-refractivity contribution in [1.29, 1.82) is 0 Å². The van der Waals surface area contributed by atoms with E-state index >= 15 is 0 Å². The highest BCUT2D eigenvalue weighted by molar-refractivity contribution is 7.92. The monoisotopic (exact) mass is 641 g/mol. The highest BCUT2D eigenvalue weighted by Gasteiger charge is 2.34. The molecule has 0 aromatic heterocycles. The summed E-state index contributed by atoms with van der Waals surface area (Å²) in [7, 11) is -4.18. The van der Waals surface area contributed by atoms with Gasteiger partial charge in [-0.05, 0) is 87.7 Å². The summed E-state index contributed by atoms with van der Waals surface area (Å²) < 4.78 is 35.4. The smallest absolute Gasteiger partial charge is 0.264 e. The zero-order valence-corrected chi connectivity index (χ0v) is 28.0. The largest absolute Gasteiger partial charge is 0.457 e. The van der Waals surface area contributed by atoms with Crippen molar-refractivity contribution in [2.45, 2.75) is 71.0 Å². The van der Waals surface area contributed by atoms with Crippen LogP contribution < -0.4 is 14.4 Å². The number of nitrogens with zero attached hydrogens (tertiary/aromatic N) is 2. The van der Waals surface area contributed by atoms with E-state index in [2.05, 4.69) is 5.32 Å². The number of amides is 2. The van der Waals surface area contributed by atoms with E-state index < -0.39 is 28.5 Å². The van der Waals surface area contributed by atoms with E-state index in [0.29, 0.717) is 23.6 Å². The van der Waals surface area contributed by atoms with Crippen molar-refractivity contribution in [3.8, 4) is 11.5 Å². The van der Waals surface area contributed by atoms with Crippen LogP contribution in [-0.4, -0.2) is 43.8 Å². The molecule has 46 heavy (non-hydrogen) atoms. The van der Waals surface area contributed by atoms with Gasteiger partial charge in [0.05, 0.1) is 10.6 Å². The quantitative estimate of drug-likeness (QED) is 0.160. The minimum Gasteiger partial charge on any atom is -0.457 e. The molecule has 0 aliphatic carbocycles. The van der Waals surface area contributed by atoms with Crippen LogP contribution in [0.1, 0.15) is 50.3 Å². The topological polar surface area (TPSA) is 96.0 Å². The number of anilines is 1. The molecule has 0 saturated heterocycles. The van der Waals surface area contributed by atoms with Crippen LogP contribution >= 0.6 is 0 Å². The molecule has 4 aromatic rings. The lowest BCUT2D eigenvalue weighted by Gasteiger charge is -2.33. The summed E-state index contributed by atoms with van der Waals surface area (Å²) in [5.41, 5.74) is 3.07. The fourth-order valence-electron chi connectivity index (χ4n) is 5.04. The van der Waals surface area contributed by atoms with Crippen LogP contribution in [0.3, 0.4) is 0 Å². The Morgan fingerprint density at radius 2 is 1.43 bits per heavy atom. The number of hydrogen-bond acceptors (Lipinski definition) is 5. The molecule has 0 aliphatic heterocycles. The maximum absolute atomic E-state index is 14.3. The fraction of sp³-hybridized carbons (Fsp3) is 0.297. The minimum atomic E-state index is -4.18. The van der Waals surface area contributed by atoms with Crippen LogP contribution in [-0.2, 0) is 26.2 Å². The van der Waals surface area contributed by atoms with E-state index in [1.54, 1.807) is 36.4 Å². The molecule has 0 bridgehead atoms. The number of benzene rings is 4. The molecule has 0 saturated carbocycles. The van der Waals surface area contributed by atoms with Crippen LogP contribution in [0.4, 0.5) is 5.69 Å². The third kappa shape index (κ3) is 8.75. The molecule has 4 rings (SSSR count). The molecule has 0 radical (unpaired) electrons. The van der Waals surface area contributed by atoms with E-state index in [1.807, 2.05) is 89.2 Å². The second-order valence-corrected chi connectivity index (χ2v) is 13.3. The first-order valence-corrected chi connectivity index (χ1v) is 17.0. The summed E-state index contributed by atoms with van der Waals surface area (Å²) in [5, 5.41) is 3.01. The molecule has 0 heterocycles. The summed E-state index contributed by atoms with van der Waals surface area (Å²) in [5.74, 6) is 0.395. The standard InChI is InChI=1S/C37H43N3O5S/c1-6-29(5)38-37(42)35(7-2)39(25-30-13-11-12-28(4)24-30)36(41)26-40(46(43,44)34-22-16-27(3)17-23-34)31-18-20-33(21-19-31)45-32-14-9-8-10-15-32/h8-24,29,35H,6-7,25-26H2,1-5H3,(H,38,42)/t29-,35-/m0/s1. The summed E-state index contributed by atoms with van der Waals surface area (Å²) in [6, 6.07) is 29.2. The third-order valence-electron chi connectivity index (χ3n) is 7.81. The van der Waals surface area contributed by atoms with Crippen LogP contribution in [0.2, 0.25) is 0 Å². The highest BCUT2D eigenvalue weighted by Crippen LogP contribution is 2.29. The first kappa shape index (κ1) is 34.2. The van der Waals surface area contributed by atoms with Crippen molar-refractivity contribution in [2.24, 2.45) is 0 Å². The Kier molecular flexibility index (Phi) is 11.6. The van der Waals surface area contributed by atoms with Gasteiger partial charge in [-0.25, -0.2) is 8.42 Å². The van der Waals surface area contributed by atoms with Gasteiger partial charge in [-0.1, -0.05) is 79.6 Å². The average molecular weight is 642 g/mol. The number of ether oxygens (including phenoxy) is 1. The zero-order valence-electron chi connectivity index (χ0n) is 27.1. The number of sulfonamides is 1. The van der Waals surface area contributed by atoms with Gasteiger partial charge in [-0.15, -0.1) is 0 Å². The Labute approximate surface area is 273 Å². The highest BCUT2D eigenvalue weighted by atomic mass is 32.2. The molecule has 242 valence electrons. The van der Waals surface area contributed by atoms with E-state index in [-0.39, 0.29) is 23.4 Å². The number of hydrogen-bond donors (Lipinski definition) is 1. The second-order valence-electron chi connectivity index (χ2n) is 11.5. The van der Waals surface area contributed by atoms with Crippen molar-refractivity contribution >= 4 is 27.5 Å². The Morgan fingerprint density at radius 3 is 2.04 bits per heavy atom. The van der Waals surface area contributed by atoms with Crippen LogP contribution in [0.15, 0.2) is 108 Å². The van der Waals surface area contributed by atoms with Crippen molar-refractivity contribution in [2.75, 3.05) is 10.8 Å². The predicted molar refractivity (Wildman–Crippen MR) is 182 cm³/mol. The number of carbonyl (C=O) groups excluding carboxylic acids is 2. The number of nitrogens with one attached hydrogen (secondary N) is 1. The molecule has 9 heteroatoms. The lowest BCUT2D eigenvalue weighted by molar-refractivity contribution is -0.140. The van der Waals surface area contributed by atoms with Crippen molar-refractivity contribution < 1.29 is 22.7 Å². The average Bonchev–Trinajstić information content (AvgIpc) is 3.04. The predicted octanol–water partition coefficient (Wildman–Crippen LogP) is 7.01. The van der Waals surface area contributed by atoms with Gasteiger partial charge in [-0.2, -0.15) is 0 Å². The van der Waals surface area contributed by atoms with Crippen molar-refractivity contribution in [3.63, 3.8) is 0 Å². The van der Waals surface area contributed by atoms with Gasteiger partial charge in [-0.3, -0.25) is 13.9 Å². The molecular formula is C37H43N3O5S. The molecule has 0 fully saturated rings. The van der Waals surface area contributed by atoms with Gasteiger partial charge in [0.15, 0.2) is 0 Å². The van der Waals surface area contributed by atoms with E-state index in [9.17, 15) is 18.0 Å². The van der Waals surface area contributed by atoms with Crippen molar-refractivity contribution in [3.05, 3.63) is 120 Å². The third-order valence-corrected chi connectivity index (χ3v) is 9.60. The van der Waals surface area contributed by atoms with Crippen LogP contribution in [0.25, 0.3) is 0 Å². The molecular weight excluding hydrogens is 598 g/mol. The summed E-state index contributed by atoms with van der Waals surface area (Å²) >= 11 is 0. The molecule has 4 aromatic carbocycles. The van der Waals surface area contributed by atoms with E-state index in [1.165, 1.54) is 17.0 Å². The van der Waals surface area contributed by atoms with Crippen LogP contribution in [0, 0.1) is 13.8 Å². The van der Waals surface area contributed by atoms with Gasteiger partial charge in [0.25, 0.3) is 10.0 Å². The maximum atomic E-state index is 14.3. The Hall–Kier alpha value is -4.63. The van der Waals surface area contributed by atoms with Gasteiger partial charge < -0.3 is 15.0 Å². The lowest BCUT2D eigenvalue weighted by atomic mass is 10.1. The molecule has 1 N–H and O–H groups in total. The second kappa shape index (κ2) is 15.6. The maximum Gasteiger partial charge on any atom is 0.264 e. The Morgan fingerprint density at radius 1 is 0.783 bits per heavy atom. The Balaban J connectivity index is 1.73. The van der Waals surface area contributed by atoms with Gasteiger partial charge in [0.2, 0.25) is 11.8 Å². The van der Waals surface area contributed by atoms with Gasteiger partial charge in [0.1, 0.15) is 24.1 Å². The first-order valence-electron chi connectivity index (χ1n) is 15.6. The van der Waals surface area contributed by atoms with E-state index in [0.717, 1.165) is 27.4 Å². The SMILES string of the molecule is CC[C@H](C)NC(=O)[C@H](CC)N(Cc1cccc(C)c1)C(=O)CN(c1ccc(Oc2ccccc2)cc1)S(=O)(=O)c1ccc(C)cc1. The molecule has 0 spiro atoms. The Bertz CT molecular complexity index is 1710. The molecule has 2 amide bonds.